The summed E-state index contributed by atoms with van der Waals surface area (Å²) >= 11 is 3.34. The van der Waals surface area contributed by atoms with E-state index in [1.807, 2.05) is 18.2 Å². The Morgan fingerprint density at radius 2 is 2.38 bits per heavy atom. The lowest BCUT2D eigenvalue weighted by Gasteiger charge is -1.97. The molecule has 0 aliphatic heterocycles. The van der Waals surface area contributed by atoms with E-state index in [2.05, 4.69) is 21.1 Å². The normalized spacial score (nSPS) is 10.6. The van der Waals surface area contributed by atoms with Gasteiger partial charge in [0.25, 0.3) is 0 Å². The molecule has 0 saturated carbocycles. The first kappa shape index (κ1) is 8.56. The number of rotatable bonds is 2. The van der Waals surface area contributed by atoms with Gasteiger partial charge in [0, 0.05) is 10.7 Å². The summed E-state index contributed by atoms with van der Waals surface area (Å²) in [4.78, 5) is 0. The van der Waals surface area contributed by atoms with E-state index >= 15 is 0 Å². The molecule has 0 radical (unpaired) electrons. The van der Waals surface area contributed by atoms with Gasteiger partial charge in [0.15, 0.2) is 5.58 Å². The highest BCUT2D eigenvalue weighted by atomic mass is 79.9. The number of aromatic nitrogens is 1. The van der Waals surface area contributed by atoms with E-state index in [1.54, 1.807) is 7.11 Å². The molecule has 3 nitrogen and oxygen atoms in total. The number of nitrogens with zero attached hydrogens (tertiary/aromatic N) is 1. The highest BCUT2D eigenvalue weighted by molar-refractivity contribution is 9.08. The van der Waals surface area contributed by atoms with Crippen LogP contribution in [0.25, 0.3) is 11.0 Å². The SMILES string of the molecule is COc1ccc2onc(CBr)c2c1. The number of benzene rings is 1. The molecule has 0 atom stereocenters. The highest BCUT2D eigenvalue weighted by Gasteiger charge is 2.07. The van der Waals surface area contributed by atoms with Gasteiger partial charge in [0.1, 0.15) is 11.4 Å². The molecular formula is C9H8BrNO2. The first-order chi connectivity index (χ1) is 6.35. The largest absolute Gasteiger partial charge is 0.497 e. The zero-order valence-corrected chi connectivity index (χ0v) is 8.67. The van der Waals surface area contributed by atoms with E-state index < -0.39 is 0 Å². The number of hydrogen-bond donors (Lipinski definition) is 0. The Morgan fingerprint density at radius 1 is 1.54 bits per heavy atom. The molecule has 13 heavy (non-hydrogen) atoms. The summed E-state index contributed by atoms with van der Waals surface area (Å²) in [5.74, 6) is 0.818. The zero-order valence-electron chi connectivity index (χ0n) is 7.08. The van der Waals surface area contributed by atoms with Crippen LogP contribution in [0, 0.1) is 0 Å². The number of hydrogen-bond acceptors (Lipinski definition) is 3. The first-order valence-electron chi connectivity index (χ1n) is 3.83. The third-order valence-corrected chi connectivity index (χ3v) is 2.41. The summed E-state index contributed by atoms with van der Waals surface area (Å²) in [5.41, 5.74) is 1.68. The molecule has 0 fully saturated rings. The van der Waals surface area contributed by atoms with Crippen molar-refractivity contribution in [2.24, 2.45) is 0 Å². The molecule has 1 heterocycles. The summed E-state index contributed by atoms with van der Waals surface area (Å²) < 4.78 is 10.2. The number of alkyl halides is 1. The van der Waals surface area contributed by atoms with Crippen LogP contribution in [-0.4, -0.2) is 12.3 Å². The highest BCUT2D eigenvalue weighted by Crippen LogP contribution is 2.24. The number of halogens is 1. The molecule has 4 heteroatoms. The van der Waals surface area contributed by atoms with Crippen molar-refractivity contribution in [1.82, 2.24) is 5.16 Å². The second kappa shape index (κ2) is 3.38. The average molecular weight is 242 g/mol. The monoisotopic (exact) mass is 241 g/mol. The van der Waals surface area contributed by atoms with Crippen molar-refractivity contribution < 1.29 is 9.26 Å². The molecule has 0 spiro atoms. The van der Waals surface area contributed by atoms with Gasteiger partial charge >= 0.3 is 0 Å². The quantitative estimate of drug-likeness (QED) is 0.759. The smallest absolute Gasteiger partial charge is 0.167 e. The topological polar surface area (TPSA) is 35.3 Å². The maximum atomic E-state index is 5.11. The second-order valence-electron chi connectivity index (χ2n) is 2.62. The third-order valence-electron chi connectivity index (χ3n) is 1.88. The van der Waals surface area contributed by atoms with Crippen molar-refractivity contribution in [3.8, 4) is 5.75 Å². The Hall–Kier alpha value is -1.03. The minimum absolute atomic E-state index is 0.688. The molecule has 0 unspecified atom stereocenters. The summed E-state index contributed by atoms with van der Waals surface area (Å²) in [7, 11) is 1.64. The molecule has 1 aromatic carbocycles. The molecule has 0 saturated heterocycles. The number of fused-ring (bicyclic) bond motifs is 1. The van der Waals surface area contributed by atoms with Gasteiger partial charge in [-0.2, -0.15) is 0 Å². The molecular weight excluding hydrogens is 234 g/mol. The predicted octanol–water partition coefficient (Wildman–Crippen LogP) is 2.73. The molecule has 2 rings (SSSR count). The Balaban J connectivity index is 2.64. The van der Waals surface area contributed by atoms with Gasteiger partial charge in [-0.1, -0.05) is 21.1 Å². The Labute approximate surface area is 83.8 Å². The number of methoxy groups -OCH3 is 1. The molecule has 0 bridgehead atoms. The second-order valence-corrected chi connectivity index (χ2v) is 3.19. The molecule has 0 N–H and O–H groups in total. The van der Waals surface area contributed by atoms with Crippen molar-refractivity contribution in [1.29, 1.82) is 0 Å². The van der Waals surface area contributed by atoms with Crippen LogP contribution >= 0.6 is 15.9 Å². The third kappa shape index (κ3) is 1.42. The van der Waals surface area contributed by atoms with E-state index in [9.17, 15) is 0 Å². The lowest BCUT2D eigenvalue weighted by molar-refractivity contribution is 0.415. The van der Waals surface area contributed by atoms with E-state index in [4.69, 9.17) is 9.26 Å². The lowest BCUT2D eigenvalue weighted by Crippen LogP contribution is -1.82. The van der Waals surface area contributed by atoms with Crippen molar-refractivity contribution >= 4 is 26.9 Å². The molecule has 0 amide bonds. The van der Waals surface area contributed by atoms with Gasteiger partial charge in [-0.25, -0.2) is 0 Å². The predicted molar refractivity (Wildman–Crippen MR) is 53.2 cm³/mol. The zero-order chi connectivity index (χ0) is 9.26. The van der Waals surface area contributed by atoms with Crippen LogP contribution in [0.1, 0.15) is 5.69 Å². The van der Waals surface area contributed by atoms with Crippen LogP contribution in [0.15, 0.2) is 22.7 Å². The fourth-order valence-corrected chi connectivity index (χ4v) is 1.60. The fourth-order valence-electron chi connectivity index (χ4n) is 1.19. The summed E-state index contributed by atoms with van der Waals surface area (Å²) in [6.07, 6.45) is 0. The van der Waals surface area contributed by atoms with Gasteiger partial charge in [0.2, 0.25) is 0 Å². The van der Waals surface area contributed by atoms with Crippen molar-refractivity contribution in [2.75, 3.05) is 7.11 Å². The van der Waals surface area contributed by atoms with E-state index in [-0.39, 0.29) is 0 Å². The Bertz CT molecular complexity index is 424. The van der Waals surface area contributed by atoms with Crippen molar-refractivity contribution in [3.63, 3.8) is 0 Å². The summed E-state index contributed by atoms with van der Waals surface area (Å²) in [6, 6.07) is 5.63. The van der Waals surface area contributed by atoms with E-state index in [0.29, 0.717) is 5.33 Å². The maximum Gasteiger partial charge on any atom is 0.167 e. The van der Waals surface area contributed by atoms with Gasteiger partial charge in [-0.3, -0.25) is 0 Å². The molecule has 0 aliphatic carbocycles. The maximum absolute atomic E-state index is 5.11. The van der Waals surface area contributed by atoms with Crippen LogP contribution in [0.2, 0.25) is 0 Å². The van der Waals surface area contributed by atoms with Crippen molar-refractivity contribution in [2.45, 2.75) is 5.33 Å². The van der Waals surface area contributed by atoms with Crippen LogP contribution in [-0.2, 0) is 5.33 Å². The van der Waals surface area contributed by atoms with Crippen LogP contribution < -0.4 is 4.74 Å². The summed E-state index contributed by atoms with van der Waals surface area (Å²) in [6.45, 7) is 0. The minimum Gasteiger partial charge on any atom is -0.497 e. The van der Waals surface area contributed by atoms with Crippen LogP contribution in [0.4, 0.5) is 0 Å². The Kier molecular flexibility index (Phi) is 2.22. The molecule has 0 aliphatic rings. The standard InChI is InChI=1S/C9H8BrNO2/c1-12-6-2-3-9-7(4-6)8(5-10)11-13-9/h2-4H,5H2,1H3. The van der Waals surface area contributed by atoms with Gasteiger partial charge in [-0.05, 0) is 18.2 Å². The molecule has 1 aromatic heterocycles. The average Bonchev–Trinajstić information content (AvgIpc) is 2.59. The lowest BCUT2D eigenvalue weighted by atomic mass is 10.2. The minimum atomic E-state index is 0.688. The molecule has 68 valence electrons. The first-order valence-corrected chi connectivity index (χ1v) is 4.95. The molecule has 2 aromatic rings. The van der Waals surface area contributed by atoms with Gasteiger partial charge < -0.3 is 9.26 Å². The van der Waals surface area contributed by atoms with Gasteiger partial charge in [0.05, 0.1) is 7.11 Å². The van der Waals surface area contributed by atoms with Crippen molar-refractivity contribution in [3.05, 3.63) is 23.9 Å². The summed E-state index contributed by atoms with van der Waals surface area (Å²) in [5, 5.41) is 5.60. The van der Waals surface area contributed by atoms with E-state index in [0.717, 1.165) is 22.4 Å². The Morgan fingerprint density at radius 3 is 3.08 bits per heavy atom. The number of ether oxygens (including phenoxy) is 1. The van der Waals surface area contributed by atoms with Gasteiger partial charge in [-0.15, -0.1) is 0 Å². The van der Waals surface area contributed by atoms with Crippen LogP contribution in [0.5, 0.6) is 5.75 Å². The fraction of sp³-hybridized carbons (Fsp3) is 0.222. The van der Waals surface area contributed by atoms with Crippen LogP contribution in [0.3, 0.4) is 0 Å². The van der Waals surface area contributed by atoms with E-state index in [1.165, 1.54) is 0 Å².